The third-order valence-electron chi connectivity index (χ3n) is 4.58. The number of halogens is 1. The summed E-state index contributed by atoms with van der Waals surface area (Å²) in [5.41, 5.74) is 0.763. The third-order valence-corrected chi connectivity index (χ3v) is 4.84. The van der Waals surface area contributed by atoms with E-state index in [1.807, 2.05) is 0 Å². The highest BCUT2D eigenvalue weighted by Gasteiger charge is 2.40. The highest BCUT2D eigenvalue weighted by Crippen LogP contribution is 2.43. The molecule has 1 aromatic rings. The van der Waals surface area contributed by atoms with Gasteiger partial charge in [-0.1, -0.05) is 35.9 Å². The van der Waals surface area contributed by atoms with Gasteiger partial charge in [0.2, 0.25) is 5.91 Å². The second-order valence-corrected chi connectivity index (χ2v) is 6.53. The lowest BCUT2D eigenvalue weighted by Crippen LogP contribution is -2.36. The Morgan fingerprint density at radius 1 is 1.23 bits per heavy atom. The standard InChI is InChI=1S/C17H18ClNO3/c18-13-5-3-11(4-6-13)15(9-16(20)21)19-17(22)14-8-10-1-2-12(14)7-10/h1-6,10,12,14-15H,7-9H2,(H,19,22)(H,20,21)/t10?,12?,14?,15-/m0/s1. The summed E-state index contributed by atoms with van der Waals surface area (Å²) >= 11 is 5.86. The molecule has 4 nitrogen and oxygen atoms in total. The maximum atomic E-state index is 12.5. The largest absolute Gasteiger partial charge is 0.481 e. The lowest BCUT2D eigenvalue weighted by molar-refractivity contribution is -0.138. The first-order valence-corrected chi connectivity index (χ1v) is 7.86. The fourth-order valence-corrected chi connectivity index (χ4v) is 3.61. The number of amides is 1. The minimum Gasteiger partial charge on any atom is -0.481 e. The van der Waals surface area contributed by atoms with Gasteiger partial charge in [-0.2, -0.15) is 0 Å². The van der Waals surface area contributed by atoms with E-state index >= 15 is 0 Å². The molecule has 0 aliphatic heterocycles. The van der Waals surface area contributed by atoms with E-state index in [9.17, 15) is 9.59 Å². The summed E-state index contributed by atoms with van der Waals surface area (Å²) in [6.07, 6.45) is 6.08. The predicted molar refractivity (Wildman–Crippen MR) is 83.4 cm³/mol. The molecular weight excluding hydrogens is 302 g/mol. The minimum atomic E-state index is -0.937. The first-order valence-electron chi connectivity index (χ1n) is 7.49. The van der Waals surface area contributed by atoms with Crippen molar-refractivity contribution in [1.82, 2.24) is 5.32 Å². The van der Waals surface area contributed by atoms with Gasteiger partial charge >= 0.3 is 5.97 Å². The summed E-state index contributed by atoms with van der Waals surface area (Å²) in [6.45, 7) is 0. The van der Waals surface area contributed by atoms with Crippen LogP contribution in [0.1, 0.15) is 30.9 Å². The van der Waals surface area contributed by atoms with Crippen molar-refractivity contribution < 1.29 is 14.7 Å². The van der Waals surface area contributed by atoms with Crippen LogP contribution in [0.15, 0.2) is 36.4 Å². The van der Waals surface area contributed by atoms with Crippen molar-refractivity contribution >= 4 is 23.5 Å². The molecule has 2 aliphatic rings. The van der Waals surface area contributed by atoms with E-state index in [2.05, 4.69) is 17.5 Å². The van der Waals surface area contributed by atoms with E-state index in [0.29, 0.717) is 16.9 Å². The van der Waals surface area contributed by atoms with E-state index in [-0.39, 0.29) is 18.2 Å². The number of benzene rings is 1. The zero-order valence-electron chi connectivity index (χ0n) is 12.0. The highest BCUT2D eigenvalue weighted by atomic mass is 35.5. The fourth-order valence-electron chi connectivity index (χ4n) is 3.48. The van der Waals surface area contributed by atoms with Crippen LogP contribution in [0, 0.1) is 17.8 Å². The van der Waals surface area contributed by atoms with Crippen LogP contribution >= 0.6 is 11.6 Å². The van der Waals surface area contributed by atoms with Crippen molar-refractivity contribution in [3.63, 3.8) is 0 Å². The molecule has 0 radical (unpaired) electrons. The second kappa shape index (κ2) is 6.13. The minimum absolute atomic E-state index is 0.0291. The highest BCUT2D eigenvalue weighted by molar-refractivity contribution is 6.30. The summed E-state index contributed by atoms with van der Waals surface area (Å²) in [7, 11) is 0. The number of aliphatic carboxylic acids is 1. The number of hydrogen-bond acceptors (Lipinski definition) is 2. The van der Waals surface area contributed by atoms with Gasteiger partial charge in [-0.3, -0.25) is 9.59 Å². The normalized spacial score (nSPS) is 26.9. The molecule has 1 amide bonds. The number of fused-ring (bicyclic) bond motifs is 2. The monoisotopic (exact) mass is 319 g/mol. The van der Waals surface area contributed by atoms with Crippen LogP contribution in [0.3, 0.4) is 0 Å². The number of nitrogens with one attached hydrogen (secondary N) is 1. The first kappa shape index (κ1) is 15.1. The molecule has 0 aromatic heterocycles. The van der Waals surface area contributed by atoms with Crippen LogP contribution in [0.4, 0.5) is 0 Å². The molecule has 2 aliphatic carbocycles. The molecule has 1 fully saturated rings. The second-order valence-electron chi connectivity index (χ2n) is 6.10. The lowest BCUT2D eigenvalue weighted by Gasteiger charge is -2.23. The first-order chi connectivity index (χ1) is 10.5. The van der Waals surface area contributed by atoms with Gasteiger partial charge in [0.25, 0.3) is 0 Å². The van der Waals surface area contributed by atoms with Crippen LogP contribution < -0.4 is 5.32 Å². The van der Waals surface area contributed by atoms with Crippen LogP contribution in [0.2, 0.25) is 5.02 Å². The van der Waals surface area contributed by atoms with Gasteiger partial charge in [0.15, 0.2) is 0 Å². The number of hydrogen-bond donors (Lipinski definition) is 2. The molecule has 5 heteroatoms. The van der Waals surface area contributed by atoms with Crippen molar-refractivity contribution in [2.24, 2.45) is 17.8 Å². The summed E-state index contributed by atoms with van der Waals surface area (Å²) in [5.74, 6) is -0.195. The van der Waals surface area contributed by atoms with Crippen molar-refractivity contribution in [2.45, 2.75) is 25.3 Å². The summed E-state index contributed by atoms with van der Waals surface area (Å²) in [4.78, 5) is 23.6. The van der Waals surface area contributed by atoms with E-state index in [1.165, 1.54) is 0 Å². The smallest absolute Gasteiger partial charge is 0.305 e. The Kier molecular flexibility index (Phi) is 4.21. The Bertz CT molecular complexity index is 611. The SMILES string of the molecule is O=C(O)C[C@H](NC(=O)C1CC2C=CC1C2)c1ccc(Cl)cc1. The van der Waals surface area contributed by atoms with E-state index in [0.717, 1.165) is 18.4 Å². The molecule has 3 unspecified atom stereocenters. The predicted octanol–water partition coefficient (Wildman–Crippen LogP) is 3.18. The van der Waals surface area contributed by atoms with Gasteiger partial charge in [-0.15, -0.1) is 0 Å². The Morgan fingerprint density at radius 3 is 2.50 bits per heavy atom. The molecule has 4 atom stereocenters. The zero-order valence-corrected chi connectivity index (χ0v) is 12.8. The number of carbonyl (C=O) groups is 2. The molecule has 1 aromatic carbocycles. The quantitative estimate of drug-likeness (QED) is 0.819. The van der Waals surface area contributed by atoms with Crippen LogP contribution in [0.5, 0.6) is 0 Å². The van der Waals surface area contributed by atoms with Crippen molar-refractivity contribution in [3.8, 4) is 0 Å². The fraction of sp³-hybridized carbons (Fsp3) is 0.412. The molecule has 22 heavy (non-hydrogen) atoms. The summed E-state index contributed by atoms with van der Waals surface area (Å²) < 4.78 is 0. The molecule has 3 rings (SSSR count). The molecule has 2 N–H and O–H groups in total. The number of carboxylic acids is 1. The molecule has 116 valence electrons. The summed E-state index contributed by atoms with van der Waals surface area (Å²) in [6, 6.07) is 6.41. The molecule has 2 bridgehead atoms. The van der Waals surface area contributed by atoms with Crippen LogP contribution in [0.25, 0.3) is 0 Å². The maximum Gasteiger partial charge on any atom is 0.305 e. The maximum absolute atomic E-state index is 12.5. The lowest BCUT2D eigenvalue weighted by atomic mass is 9.92. The Labute approximate surface area is 134 Å². The Morgan fingerprint density at radius 2 is 1.95 bits per heavy atom. The van der Waals surface area contributed by atoms with Gasteiger partial charge in [0.1, 0.15) is 0 Å². The number of rotatable bonds is 5. The number of carbonyl (C=O) groups excluding carboxylic acids is 1. The van der Waals surface area contributed by atoms with Crippen molar-refractivity contribution in [3.05, 3.63) is 47.0 Å². The zero-order chi connectivity index (χ0) is 15.7. The van der Waals surface area contributed by atoms with Crippen LogP contribution in [-0.2, 0) is 9.59 Å². The molecule has 0 saturated heterocycles. The topological polar surface area (TPSA) is 66.4 Å². The van der Waals surface area contributed by atoms with Gasteiger partial charge in [-0.25, -0.2) is 0 Å². The van der Waals surface area contributed by atoms with Crippen LogP contribution in [-0.4, -0.2) is 17.0 Å². The third kappa shape index (κ3) is 3.17. The average Bonchev–Trinajstić information content (AvgIpc) is 3.09. The van der Waals surface area contributed by atoms with E-state index < -0.39 is 12.0 Å². The molecule has 0 spiro atoms. The summed E-state index contributed by atoms with van der Waals surface area (Å²) in [5, 5.41) is 12.6. The van der Waals surface area contributed by atoms with Gasteiger partial charge in [0.05, 0.1) is 12.5 Å². The van der Waals surface area contributed by atoms with Gasteiger partial charge in [0, 0.05) is 10.9 Å². The van der Waals surface area contributed by atoms with Crippen molar-refractivity contribution in [2.75, 3.05) is 0 Å². The molecule has 1 saturated carbocycles. The Balaban J connectivity index is 1.72. The Hall–Kier alpha value is -1.81. The molecule has 0 heterocycles. The van der Waals surface area contributed by atoms with E-state index in [1.54, 1.807) is 24.3 Å². The average molecular weight is 320 g/mol. The number of allylic oxidation sites excluding steroid dienone is 2. The van der Waals surface area contributed by atoms with Crippen molar-refractivity contribution in [1.29, 1.82) is 0 Å². The van der Waals surface area contributed by atoms with Gasteiger partial charge < -0.3 is 10.4 Å². The number of carboxylic acid groups (broad SMARTS) is 1. The van der Waals surface area contributed by atoms with Gasteiger partial charge in [-0.05, 0) is 42.4 Å². The molecular formula is C17H18ClNO3. The van der Waals surface area contributed by atoms with E-state index in [4.69, 9.17) is 16.7 Å².